The molecule has 1 aromatic rings. The zero-order valence-corrected chi connectivity index (χ0v) is 9.69. The third-order valence-electron chi connectivity index (χ3n) is 4.02. The lowest BCUT2D eigenvalue weighted by molar-refractivity contribution is 0.0723. The molecule has 0 bridgehead atoms. The van der Waals surface area contributed by atoms with Crippen molar-refractivity contribution in [2.24, 2.45) is 11.8 Å². The molecule has 2 saturated heterocycles. The first-order valence-electron chi connectivity index (χ1n) is 5.96. The lowest BCUT2D eigenvalue weighted by Gasteiger charge is -2.23. The number of fused-ring (bicyclic) bond motifs is 1. The van der Waals surface area contributed by atoms with Gasteiger partial charge in [0.25, 0.3) is 5.91 Å². The predicted octanol–water partition coefficient (Wildman–Crippen LogP) is -0.617. The van der Waals surface area contributed by atoms with E-state index in [1.165, 1.54) is 6.20 Å². The van der Waals surface area contributed by atoms with E-state index in [2.05, 4.69) is 22.2 Å². The maximum absolute atomic E-state index is 12.2. The number of amides is 1. The number of likely N-dealkylation sites (tertiary alicyclic amines) is 1. The summed E-state index contributed by atoms with van der Waals surface area (Å²) >= 11 is 0. The second kappa shape index (κ2) is 3.73. The summed E-state index contributed by atoms with van der Waals surface area (Å²) in [4.78, 5) is 30.1. The minimum absolute atomic E-state index is 0.0785. The SMILES string of the molecule is CC1C2CNCC2CN1C(=O)c1c[nH]c(=O)[nH]1. The Hall–Kier alpha value is -1.56. The van der Waals surface area contributed by atoms with E-state index < -0.39 is 0 Å². The van der Waals surface area contributed by atoms with Gasteiger partial charge in [0.05, 0.1) is 0 Å². The Morgan fingerprint density at radius 3 is 2.94 bits per heavy atom. The lowest BCUT2D eigenvalue weighted by Crippen LogP contribution is -2.38. The van der Waals surface area contributed by atoms with Gasteiger partial charge in [0.2, 0.25) is 0 Å². The number of hydrogen-bond donors (Lipinski definition) is 3. The molecule has 3 unspecified atom stereocenters. The Balaban J connectivity index is 1.82. The first-order valence-corrected chi connectivity index (χ1v) is 5.96. The molecule has 0 spiro atoms. The molecule has 17 heavy (non-hydrogen) atoms. The molecule has 2 aliphatic rings. The van der Waals surface area contributed by atoms with E-state index in [-0.39, 0.29) is 17.6 Å². The topological polar surface area (TPSA) is 81.0 Å². The van der Waals surface area contributed by atoms with Crippen molar-refractivity contribution >= 4 is 5.91 Å². The highest BCUT2D eigenvalue weighted by Crippen LogP contribution is 2.32. The number of hydrogen-bond acceptors (Lipinski definition) is 3. The smallest absolute Gasteiger partial charge is 0.323 e. The average molecular weight is 236 g/mol. The van der Waals surface area contributed by atoms with Gasteiger partial charge < -0.3 is 20.2 Å². The van der Waals surface area contributed by atoms with Crippen molar-refractivity contribution in [2.75, 3.05) is 19.6 Å². The molecule has 1 aromatic heterocycles. The first-order chi connectivity index (χ1) is 8.16. The molecule has 3 N–H and O–H groups in total. The number of aromatic amines is 2. The maximum Gasteiger partial charge on any atom is 0.323 e. The summed E-state index contributed by atoms with van der Waals surface area (Å²) in [5, 5.41) is 3.36. The third kappa shape index (κ3) is 1.59. The fraction of sp³-hybridized carbons (Fsp3) is 0.636. The van der Waals surface area contributed by atoms with Gasteiger partial charge in [0.15, 0.2) is 0 Å². The van der Waals surface area contributed by atoms with E-state index in [1.54, 1.807) is 0 Å². The monoisotopic (exact) mass is 236 g/mol. The van der Waals surface area contributed by atoms with Crippen LogP contribution in [0.3, 0.4) is 0 Å². The summed E-state index contributed by atoms with van der Waals surface area (Å²) < 4.78 is 0. The van der Waals surface area contributed by atoms with Crippen molar-refractivity contribution in [3.8, 4) is 0 Å². The molecule has 2 fully saturated rings. The van der Waals surface area contributed by atoms with Crippen LogP contribution in [-0.2, 0) is 0 Å². The molecule has 0 radical (unpaired) electrons. The molecule has 3 heterocycles. The number of rotatable bonds is 1. The van der Waals surface area contributed by atoms with Crippen molar-refractivity contribution in [3.05, 3.63) is 22.4 Å². The summed E-state index contributed by atoms with van der Waals surface area (Å²) in [6.45, 7) is 4.84. The summed E-state index contributed by atoms with van der Waals surface area (Å²) in [5.41, 5.74) is 0.0249. The van der Waals surface area contributed by atoms with Crippen LogP contribution in [0.25, 0.3) is 0 Å². The van der Waals surface area contributed by atoms with E-state index in [1.807, 2.05) is 4.90 Å². The van der Waals surface area contributed by atoms with Crippen LogP contribution in [0.15, 0.2) is 11.0 Å². The van der Waals surface area contributed by atoms with Gasteiger partial charge in [-0.3, -0.25) is 4.79 Å². The van der Waals surface area contributed by atoms with Crippen LogP contribution in [0.2, 0.25) is 0 Å². The summed E-state index contributed by atoms with van der Waals surface area (Å²) in [6.07, 6.45) is 1.45. The predicted molar refractivity (Wildman–Crippen MR) is 61.8 cm³/mol. The number of nitrogens with one attached hydrogen (secondary N) is 3. The van der Waals surface area contributed by atoms with Crippen molar-refractivity contribution in [2.45, 2.75) is 13.0 Å². The highest BCUT2D eigenvalue weighted by atomic mass is 16.2. The Morgan fingerprint density at radius 1 is 1.47 bits per heavy atom. The molecule has 1 amide bonds. The molecule has 6 heteroatoms. The normalized spacial score (nSPS) is 31.8. The summed E-state index contributed by atoms with van der Waals surface area (Å²) in [5.74, 6) is 1.02. The molecule has 6 nitrogen and oxygen atoms in total. The standard InChI is InChI=1S/C11H16N4O2/c1-6-8-3-12-2-7(8)5-15(6)10(16)9-4-13-11(17)14-9/h4,6-8,12H,2-3,5H2,1H3,(H2,13,14,17). The maximum atomic E-state index is 12.2. The minimum atomic E-state index is -0.331. The van der Waals surface area contributed by atoms with E-state index >= 15 is 0 Å². The van der Waals surface area contributed by atoms with Gasteiger partial charge in [-0.05, 0) is 18.8 Å². The van der Waals surface area contributed by atoms with Crippen LogP contribution in [-0.4, -0.2) is 46.5 Å². The van der Waals surface area contributed by atoms with E-state index in [4.69, 9.17) is 0 Å². The Bertz CT molecular complexity index is 492. The molecule has 92 valence electrons. The highest BCUT2D eigenvalue weighted by molar-refractivity contribution is 5.92. The Kier molecular flexibility index (Phi) is 2.32. The number of H-pyrrole nitrogens is 2. The second-order valence-electron chi connectivity index (χ2n) is 4.94. The minimum Gasteiger partial charge on any atom is -0.334 e. The van der Waals surface area contributed by atoms with Crippen molar-refractivity contribution in [1.82, 2.24) is 20.2 Å². The summed E-state index contributed by atoms with van der Waals surface area (Å²) in [6, 6.07) is 0.237. The molecular weight excluding hydrogens is 220 g/mol. The number of carbonyl (C=O) groups is 1. The van der Waals surface area contributed by atoms with Crippen LogP contribution in [0.1, 0.15) is 17.4 Å². The van der Waals surface area contributed by atoms with Gasteiger partial charge in [-0.15, -0.1) is 0 Å². The van der Waals surface area contributed by atoms with E-state index in [9.17, 15) is 9.59 Å². The van der Waals surface area contributed by atoms with Gasteiger partial charge >= 0.3 is 5.69 Å². The number of carbonyl (C=O) groups excluding carboxylic acids is 1. The van der Waals surface area contributed by atoms with Gasteiger partial charge in [0.1, 0.15) is 5.69 Å². The molecule has 0 aliphatic carbocycles. The zero-order valence-electron chi connectivity index (χ0n) is 9.69. The molecule has 3 rings (SSSR count). The third-order valence-corrected chi connectivity index (χ3v) is 4.02. The van der Waals surface area contributed by atoms with Crippen LogP contribution in [0, 0.1) is 11.8 Å². The Labute approximate surface area is 98.4 Å². The van der Waals surface area contributed by atoms with Crippen LogP contribution >= 0.6 is 0 Å². The first kappa shape index (κ1) is 10.6. The number of aromatic nitrogens is 2. The van der Waals surface area contributed by atoms with Gasteiger partial charge in [-0.2, -0.15) is 0 Å². The van der Waals surface area contributed by atoms with Gasteiger partial charge in [-0.1, -0.05) is 0 Å². The average Bonchev–Trinajstić information content (AvgIpc) is 2.96. The van der Waals surface area contributed by atoms with Crippen molar-refractivity contribution in [1.29, 1.82) is 0 Å². The summed E-state index contributed by atoms with van der Waals surface area (Å²) in [7, 11) is 0. The number of imidazole rings is 1. The second-order valence-corrected chi connectivity index (χ2v) is 4.94. The fourth-order valence-electron chi connectivity index (χ4n) is 3.04. The van der Waals surface area contributed by atoms with Gasteiger partial charge in [-0.25, -0.2) is 4.79 Å². The zero-order chi connectivity index (χ0) is 12.0. The largest absolute Gasteiger partial charge is 0.334 e. The van der Waals surface area contributed by atoms with Crippen LogP contribution < -0.4 is 11.0 Å². The quantitative estimate of drug-likeness (QED) is 0.608. The fourth-order valence-corrected chi connectivity index (χ4v) is 3.04. The highest BCUT2D eigenvalue weighted by Gasteiger charge is 2.44. The van der Waals surface area contributed by atoms with Crippen LogP contribution in [0.4, 0.5) is 0 Å². The van der Waals surface area contributed by atoms with Crippen molar-refractivity contribution < 1.29 is 4.79 Å². The molecule has 3 atom stereocenters. The number of nitrogens with zero attached hydrogens (tertiary/aromatic N) is 1. The molecule has 0 aromatic carbocycles. The van der Waals surface area contributed by atoms with E-state index in [0.717, 1.165) is 19.6 Å². The van der Waals surface area contributed by atoms with Crippen molar-refractivity contribution in [3.63, 3.8) is 0 Å². The van der Waals surface area contributed by atoms with Gasteiger partial charge in [0, 0.05) is 31.9 Å². The van der Waals surface area contributed by atoms with Crippen LogP contribution in [0.5, 0.6) is 0 Å². The molecular formula is C11H16N4O2. The lowest BCUT2D eigenvalue weighted by atomic mass is 9.95. The Morgan fingerprint density at radius 2 is 2.29 bits per heavy atom. The molecule has 0 saturated carbocycles. The molecule has 2 aliphatic heterocycles. The van der Waals surface area contributed by atoms with E-state index in [0.29, 0.717) is 17.5 Å².